The lowest BCUT2D eigenvalue weighted by Crippen LogP contribution is -2.45. The Bertz CT molecular complexity index is 378. The maximum Gasteiger partial charge on any atom is 0.152 e. The van der Waals surface area contributed by atoms with E-state index in [1.54, 1.807) is 6.08 Å². The van der Waals surface area contributed by atoms with Gasteiger partial charge in [0.1, 0.15) is 5.78 Å². The van der Waals surface area contributed by atoms with Crippen molar-refractivity contribution in [1.29, 1.82) is 0 Å². The molecule has 0 radical (unpaired) electrons. The molecule has 0 unspecified atom stereocenters. The Morgan fingerprint density at radius 2 is 2.00 bits per heavy atom. The Balaban J connectivity index is 2.34. The largest absolute Gasteiger partial charge is 0.298 e. The summed E-state index contributed by atoms with van der Waals surface area (Å²) in [6.45, 7) is 7.80. The third-order valence-corrected chi connectivity index (χ3v) is 4.60. The second-order valence-corrected chi connectivity index (χ2v) is 6.20. The third kappa shape index (κ3) is 1.55. The Kier molecular flexibility index (Phi) is 2.37. The normalized spacial score (nSPS) is 40.9. The molecule has 0 aliphatic heterocycles. The fourth-order valence-corrected chi connectivity index (χ4v) is 2.97. The van der Waals surface area contributed by atoms with Gasteiger partial charge in [0.05, 0.1) is 0 Å². The quantitative estimate of drug-likeness (QED) is 0.671. The van der Waals surface area contributed by atoms with E-state index in [2.05, 4.69) is 13.8 Å². The zero-order chi connectivity index (χ0) is 12.1. The SMILES string of the molecule is CC(=O)/C=C\[C@]1(C)C(=O)[C@H]2C[C@H]2CC1(C)C. The second kappa shape index (κ2) is 3.28. The van der Waals surface area contributed by atoms with Crippen LogP contribution in [0, 0.1) is 22.7 Å². The first kappa shape index (κ1) is 11.6. The van der Waals surface area contributed by atoms with E-state index in [9.17, 15) is 9.59 Å². The van der Waals surface area contributed by atoms with E-state index in [-0.39, 0.29) is 17.1 Å². The van der Waals surface area contributed by atoms with Gasteiger partial charge in [0.25, 0.3) is 0 Å². The summed E-state index contributed by atoms with van der Waals surface area (Å²) >= 11 is 0. The molecule has 0 aromatic heterocycles. The van der Waals surface area contributed by atoms with Gasteiger partial charge in [0.2, 0.25) is 0 Å². The predicted octanol–water partition coefficient (Wildman–Crippen LogP) is 2.77. The number of hydrogen-bond acceptors (Lipinski definition) is 2. The first-order valence-electron chi connectivity index (χ1n) is 6.02. The average molecular weight is 220 g/mol. The highest BCUT2D eigenvalue weighted by molar-refractivity contribution is 5.94. The predicted molar refractivity (Wildman–Crippen MR) is 62.9 cm³/mol. The highest BCUT2D eigenvalue weighted by atomic mass is 16.1. The summed E-state index contributed by atoms with van der Waals surface area (Å²) in [5.74, 6) is 1.24. The Hall–Kier alpha value is -0.920. The molecule has 16 heavy (non-hydrogen) atoms. The molecule has 2 heteroatoms. The number of fused-ring (bicyclic) bond motifs is 1. The fraction of sp³-hybridized carbons (Fsp3) is 0.714. The van der Waals surface area contributed by atoms with Crippen LogP contribution in [0.25, 0.3) is 0 Å². The van der Waals surface area contributed by atoms with E-state index in [0.29, 0.717) is 11.7 Å². The summed E-state index contributed by atoms with van der Waals surface area (Å²) in [7, 11) is 0. The van der Waals surface area contributed by atoms with Crippen LogP contribution in [-0.2, 0) is 9.59 Å². The van der Waals surface area contributed by atoms with Crippen LogP contribution in [0.3, 0.4) is 0 Å². The van der Waals surface area contributed by atoms with E-state index in [1.807, 2.05) is 13.0 Å². The summed E-state index contributed by atoms with van der Waals surface area (Å²) in [5, 5.41) is 0. The van der Waals surface area contributed by atoms with Gasteiger partial charge in [-0.3, -0.25) is 9.59 Å². The van der Waals surface area contributed by atoms with Gasteiger partial charge in [-0.2, -0.15) is 0 Å². The molecule has 2 aliphatic carbocycles. The standard InChI is InChI=1S/C14H20O2/c1-9(15)5-6-14(4)12(16)11-7-10(11)8-13(14,2)3/h5-6,10-11H,7-8H2,1-4H3/b6-5-/t10-,11-,14+/m0/s1. The van der Waals surface area contributed by atoms with Crippen LogP contribution in [0.1, 0.15) is 40.5 Å². The Morgan fingerprint density at radius 1 is 1.38 bits per heavy atom. The average Bonchev–Trinajstić information content (AvgIpc) is 2.89. The summed E-state index contributed by atoms with van der Waals surface area (Å²) in [6.07, 6.45) is 5.56. The molecule has 0 amide bonds. The van der Waals surface area contributed by atoms with Gasteiger partial charge in [0.15, 0.2) is 5.78 Å². The molecule has 2 nitrogen and oxygen atoms in total. The molecular weight excluding hydrogens is 200 g/mol. The van der Waals surface area contributed by atoms with E-state index >= 15 is 0 Å². The lowest BCUT2D eigenvalue weighted by atomic mass is 9.58. The van der Waals surface area contributed by atoms with Crippen LogP contribution in [0.4, 0.5) is 0 Å². The van der Waals surface area contributed by atoms with E-state index in [4.69, 9.17) is 0 Å². The van der Waals surface area contributed by atoms with Crippen LogP contribution < -0.4 is 0 Å². The first-order chi connectivity index (χ1) is 7.28. The summed E-state index contributed by atoms with van der Waals surface area (Å²) in [5.41, 5.74) is -0.496. The topological polar surface area (TPSA) is 34.1 Å². The summed E-state index contributed by atoms with van der Waals surface area (Å²) in [6, 6.07) is 0. The van der Waals surface area contributed by atoms with Crippen LogP contribution >= 0.6 is 0 Å². The maximum absolute atomic E-state index is 12.4. The number of carbonyl (C=O) groups excluding carboxylic acids is 2. The number of Topliss-reactive ketones (excluding diaryl/α,β-unsaturated/α-hetero) is 1. The molecular formula is C14H20O2. The maximum atomic E-state index is 12.4. The van der Waals surface area contributed by atoms with Crippen molar-refractivity contribution in [3.05, 3.63) is 12.2 Å². The zero-order valence-corrected chi connectivity index (χ0v) is 10.5. The highest BCUT2D eigenvalue weighted by Crippen LogP contribution is 2.61. The molecule has 2 aliphatic rings. The number of allylic oxidation sites excluding steroid dienone is 2. The third-order valence-electron chi connectivity index (χ3n) is 4.60. The van der Waals surface area contributed by atoms with Crippen molar-refractivity contribution < 1.29 is 9.59 Å². The van der Waals surface area contributed by atoms with Crippen molar-refractivity contribution >= 4 is 11.6 Å². The van der Waals surface area contributed by atoms with Crippen LogP contribution in [0.2, 0.25) is 0 Å². The van der Waals surface area contributed by atoms with Crippen LogP contribution in [0.15, 0.2) is 12.2 Å². The lowest BCUT2D eigenvalue weighted by molar-refractivity contribution is -0.135. The smallest absolute Gasteiger partial charge is 0.152 e. The second-order valence-electron chi connectivity index (χ2n) is 6.20. The van der Waals surface area contributed by atoms with Gasteiger partial charge >= 0.3 is 0 Å². The van der Waals surface area contributed by atoms with E-state index in [1.165, 1.54) is 6.92 Å². The van der Waals surface area contributed by atoms with Gasteiger partial charge in [-0.25, -0.2) is 0 Å². The van der Waals surface area contributed by atoms with E-state index < -0.39 is 5.41 Å². The molecule has 3 atom stereocenters. The molecule has 0 aromatic carbocycles. The summed E-state index contributed by atoms with van der Waals surface area (Å²) in [4.78, 5) is 23.4. The van der Waals surface area contributed by atoms with Crippen molar-refractivity contribution in [2.75, 3.05) is 0 Å². The van der Waals surface area contributed by atoms with E-state index in [0.717, 1.165) is 12.8 Å². The molecule has 0 spiro atoms. The number of carbonyl (C=O) groups is 2. The van der Waals surface area contributed by atoms with Gasteiger partial charge in [0, 0.05) is 11.3 Å². The molecule has 2 saturated carbocycles. The minimum absolute atomic E-state index is 0.0164. The van der Waals surface area contributed by atoms with Gasteiger partial charge < -0.3 is 0 Å². The molecule has 0 heterocycles. The summed E-state index contributed by atoms with van der Waals surface area (Å²) < 4.78 is 0. The minimum Gasteiger partial charge on any atom is -0.298 e. The van der Waals surface area contributed by atoms with Gasteiger partial charge in [-0.05, 0) is 44.1 Å². The fourth-order valence-electron chi connectivity index (χ4n) is 2.97. The van der Waals surface area contributed by atoms with Crippen LogP contribution in [-0.4, -0.2) is 11.6 Å². The minimum atomic E-state index is -0.462. The molecule has 0 bridgehead atoms. The zero-order valence-electron chi connectivity index (χ0n) is 10.5. The lowest BCUT2D eigenvalue weighted by Gasteiger charge is -2.44. The molecule has 0 N–H and O–H groups in total. The van der Waals surface area contributed by atoms with Crippen molar-refractivity contribution in [3.8, 4) is 0 Å². The molecule has 2 fully saturated rings. The van der Waals surface area contributed by atoms with Gasteiger partial charge in [-0.1, -0.05) is 19.9 Å². The van der Waals surface area contributed by atoms with Gasteiger partial charge in [-0.15, -0.1) is 0 Å². The van der Waals surface area contributed by atoms with Crippen molar-refractivity contribution in [2.24, 2.45) is 22.7 Å². The number of ketones is 2. The molecule has 88 valence electrons. The highest BCUT2D eigenvalue weighted by Gasteiger charge is 2.60. The molecule has 2 rings (SSSR count). The molecule has 0 saturated heterocycles. The number of hydrogen-bond donors (Lipinski definition) is 0. The monoisotopic (exact) mass is 220 g/mol. The molecule has 0 aromatic rings. The Morgan fingerprint density at radius 3 is 2.56 bits per heavy atom. The van der Waals surface area contributed by atoms with Crippen molar-refractivity contribution in [1.82, 2.24) is 0 Å². The van der Waals surface area contributed by atoms with Crippen LogP contribution in [0.5, 0.6) is 0 Å². The Labute approximate surface area is 97.1 Å². The number of rotatable bonds is 2. The van der Waals surface area contributed by atoms with Crippen molar-refractivity contribution in [3.63, 3.8) is 0 Å². The first-order valence-corrected chi connectivity index (χ1v) is 6.02. The van der Waals surface area contributed by atoms with Crippen molar-refractivity contribution in [2.45, 2.75) is 40.5 Å².